The number of pyridine rings is 1. The molecule has 5 heteroatoms. The van der Waals surface area contributed by atoms with Crippen molar-refractivity contribution in [3.05, 3.63) is 50.7 Å². The monoisotopic (exact) mass is 233 g/mol. The number of aromatic nitrogens is 2. The average molecular weight is 233 g/mol. The Morgan fingerprint density at radius 2 is 2.38 bits per heavy atom. The van der Waals surface area contributed by atoms with Crippen LogP contribution in [-0.2, 0) is 6.54 Å². The molecule has 0 radical (unpaired) electrons. The molecule has 16 heavy (non-hydrogen) atoms. The molecule has 82 valence electrons. The van der Waals surface area contributed by atoms with Crippen LogP contribution >= 0.6 is 11.3 Å². The van der Waals surface area contributed by atoms with Crippen LogP contribution in [-0.4, -0.2) is 9.97 Å². The summed E-state index contributed by atoms with van der Waals surface area (Å²) in [7, 11) is 0. The first kappa shape index (κ1) is 10.8. The maximum Gasteiger partial charge on any atom is 0.274 e. The average Bonchev–Trinajstić information content (AvgIpc) is 2.32. The molecular formula is C11H11N3OS. The first-order valence-corrected chi connectivity index (χ1v) is 5.73. The highest BCUT2D eigenvalue weighted by atomic mass is 32.1. The Hall–Kier alpha value is -1.75. The summed E-state index contributed by atoms with van der Waals surface area (Å²) in [6.45, 7) is 2.43. The predicted octanol–water partition coefficient (Wildman–Crippen LogP) is 1.82. The molecule has 0 saturated heterocycles. The third kappa shape index (κ3) is 2.64. The van der Waals surface area contributed by atoms with Crippen molar-refractivity contribution < 1.29 is 0 Å². The second kappa shape index (κ2) is 4.85. The molecule has 2 heterocycles. The molecule has 0 unspecified atom stereocenters. The molecule has 2 aromatic rings. The van der Waals surface area contributed by atoms with Crippen molar-refractivity contribution >= 4 is 17.2 Å². The smallest absolute Gasteiger partial charge is 0.274 e. The van der Waals surface area contributed by atoms with E-state index in [0.29, 0.717) is 12.4 Å². The zero-order chi connectivity index (χ0) is 11.4. The van der Waals surface area contributed by atoms with Crippen LogP contribution in [0.15, 0.2) is 34.7 Å². The van der Waals surface area contributed by atoms with Gasteiger partial charge in [0.15, 0.2) is 5.82 Å². The summed E-state index contributed by atoms with van der Waals surface area (Å²) < 4.78 is -0.0468. The highest BCUT2D eigenvalue weighted by Crippen LogP contribution is 2.04. The summed E-state index contributed by atoms with van der Waals surface area (Å²) in [5.74, 6) is 0.411. The molecule has 0 saturated carbocycles. The standard InChI is InChI=1S/C11H11N3OS/c1-8-7-16-11(15)10(14-8)13-6-9-3-2-4-12-5-9/h2-5,7H,6H2,1H3,(H,13,14). The van der Waals surface area contributed by atoms with E-state index in [1.54, 1.807) is 17.8 Å². The van der Waals surface area contributed by atoms with Crippen molar-refractivity contribution in [3.8, 4) is 0 Å². The van der Waals surface area contributed by atoms with E-state index in [0.717, 1.165) is 22.6 Å². The Morgan fingerprint density at radius 1 is 1.50 bits per heavy atom. The van der Waals surface area contributed by atoms with E-state index in [4.69, 9.17) is 0 Å². The Morgan fingerprint density at radius 3 is 3.12 bits per heavy atom. The van der Waals surface area contributed by atoms with Gasteiger partial charge in [0.25, 0.3) is 4.74 Å². The van der Waals surface area contributed by atoms with Crippen LogP contribution in [0, 0.1) is 6.92 Å². The van der Waals surface area contributed by atoms with Crippen molar-refractivity contribution in [2.24, 2.45) is 0 Å². The molecule has 0 atom stereocenters. The summed E-state index contributed by atoms with van der Waals surface area (Å²) in [5, 5.41) is 4.76. The van der Waals surface area contributed by atoms with Crippen LogP contribution in [0.25, 0.3) is 0 Å². The lowest BCUT2D eigenvalue weighted by molar-refractivity contribution is 1.07. The van der Waals surface area contributed by atoms with Gasteiger partial charge < -0.3 is 5.32 Å². The third-order valence-corrected chi connectivity index (χ3v) is 2.87. The van der Waals surface area contributed by atoms with E-state index in [-0.39, 0.29) is 4.74 Å². The van der Waals surface area contributed by atoms with Crippen molar-refractivity contribution in [3.63, 3.8) is 0 Å². The minimum Gasteiger partial charge on any atom is -0.362 e. The molecule has 0 aliphatic rings. The summed E-state index contributed by atoms with van der Waals surface area (Å²) in [4.78, 5) is 19.6. The number of hydrogen-bond donors (Lipinski definition) is 1. The Labute approximate surface area is 97.0 Å². The van der Waals surface area contributed by atoms with Crippen molar-refractivity contribution in [1.29, 1.82) is 0 Å². The molecule has 0 amide bonds. The van der Waals surface area contributed by atoms with Gasteiger partial charge in [0.1, 0.15) is 0 Å². The highest BCUT2D eigenvalue weighted by Gasteiger charge is 2.01. The van der Waals surface area contributed by atoms with Crippen LogP contribution in [0.3, 0.4) is 0 Å². The van der Waals surface area contributed by atoms with Gasteiger partial charge in [-0.1, -0.05) is 17.4 Å². The lowest BCUT2D eigenvalue weighted by Crippen LogP contribution is -2.11. The second-order valence-corrected chi connectivity index (χ2v) is 4.18. The topological polar surface area (TPSA) is 54.9 Å². The molecule has 2 aromatic heterocycles. The van der Waals surface area contributed by atoms with E-state index < -0.39 is 0 Å². The highest BCUT2D eigenvalue weighted by molar-refractivity contribution is 7.07. The molecule has 0 aliphatic heterocycles. The Bertz CT molecular complexity index is 524. The molecule has 0 fully saturated rings. The number of rotatable bonds is 3. The SMILES string of the molecule is Cc1csc(=O)c(NCc2cccnc2)n1. The molecule has 0 spiro atoms. The molecular weight excluding hydrogens is 222 g/mol. The van der Waals surface area contributed by atoms with Crippen LogP contribution in [0.1, 0.15) is 11.3 Å². The molecule has 0 bridgehead atoms. The van der Waals surface area contributed by atoms with Gasteiger partial charge in [-0.05, 0) is 18.6 Å². The normalized spacial score (nSPS) is 10.1. The molecule has 2 rings (SSSR count). The predicted molar refractivity (Wildman–Crippen MR) is 64.7 cm³/mol. The van der Waals surface area contributed by atoms with E-state index in [1.807, 2.05) is 19.1 Å². The first-order chi connectivity index (χ1) is 7.75. The van der Waals surface area contributed by atoms with Gasteiger partial charge in [-0.15, -0.1) is 0 Å². The third-order valence-electron chi connectivity index (χ3n) is 2.00. The number of nitrogens with one attached hydrogen (secondary N) is 1. The number of nitrogens with zero attached hydrogens (tertiary/aromatic N) is 2. The summed E-state index contributed by atoms with van der Waals surface area (Å²) in [6, 6.07) is 3.81. The summed E-state index contributed by atoms with van der Waals surface area (Å²) in [5.41, 5.74) is 1.87. The maximum atomic E-state index is 11.5. The van der Waals surface area contributed by atoms with E-state index in [9.17, 15) is 4.79 Å². The van der Waals surface area contributed by atoms with Crippen LogP contribution in [0.5, 0.6) is 0 Å². The number of hydrogen-bond acceptors (Lipinski definition) is 5. The van der Waals surface area contributed by atoms with Gasteiger partial charge in [-0.3, -0.25) is 9.78 Å². The van der Waals surface area contributed by atoms with Crippen molar-refractivity contribution in [2.45, 2.75) is 13.5 Å². The molecule has 0 aromatic carbocycles. The second-order valence-electron chi connectivity index (χ2n) is 3.34. The molecule has 0 aliphatic carbocycles. The Kier molecular flexibility index (Phi) is 3.26. The van der Waals surface area contributed by atoms with Gasteiger partial charge >= 0.3 is 0 Å². The van der Waals surface area contributed by atoms with Crippen molar-refractivity contribution in [1.82, 2.24) is 9.97 Å². The zero-order valence-electron chi connectivity index (χ0n) is 8.80. The van der Waals surface area contributed by atoms with Gasteiger partial charge in [0, 0.05) is 30.0 Å². The number of aryl methyl sites for hydroxylation is 1. The van der Waals surface area contributed by atoms with Crippen molar-refractivity contribution in [2.75, 3.05) is 5.32 Å². The van der Waals surface area contributed by atoms with Gasteiger partial charge in [0.05, 0.1) is 0 Å². The van der Waals surface area contributed by atoms with E-state index >= 15 is 0 Å². The zero-order valence-corrected chi connectivity index (χ0v) is 9.62. The maximum absolute atomic E-state index is 11.5. The fourth-order valence-corrected chi connectivity index (χ4v) is 1.80. The van der Waals surface area contributed by atoms with Gasteiger partial charge in [0.2, 0.25) is 0 Å². The van der Waals surface area contributed by atoms with Crippen LogP contribution in [0.2, 0.25) is 0 Å². The minimum atomic E-state index is -0.0468. The minimum absolute atomic E-state index is 0.0468. The van der Waals surface area contributed by atoms with Gasteiger partial charge in [-0.2, -0.15) is 0 Å². The van der Waals surface area contributed by atoms with Crippen LogP contribution in [0.4, 0.5) is 5.82 Å². The summed E-state index contributed by atoms with van der Waals surface area (Å²) >= 11 is 1.16. The lowest BCUT2D eigenvalue weighted by atomic mass is 10.3. The van der Waals surface area contributed by atoms with Gasteiger partial charge in [-0.25, -0.2) is 4.98 Å². The van der Waals surface area contributed by atoms with Crippen LogP contribution < -0.4 is 10.1 Å². The largest absolute Gasteiger partial charge is 0.362 e. The van der Waals surface area contributed by atoms with E-state index in [1.165, 1.54) is 0 Å². The lowest BCUT2D eigenvalue weighted by Gasteiger charge is -2.04. The Balaban J connectivity index is 2.11. The fourth-order valence-electron chi connectivity index (χ4n) is 1.24. The first-order valence-electron chi connectivity index (χ1n) is 4.85. The number of anilines is 1. The fraction of sp³-hybridized carbons (Fsp3) is 0.182. The molecule has 1 N–H and O–H groups in total. The van der Waals surface area contributed by atoms with E-state index in [2.05, 4.69) is 15.3 Å². The quantitative estimate of drug-likeness (QED) is 0.878. The molecule has 4 nitrogen and oxygen atoms in total. The summed E-state index contributed by atoms with van der Waals surface area (Å²) in [6.07, 6.45) is 3.48.